The Hall–Kier alpha value is -3.22. The number of methoxy groups -OCH3 is 1. The van der Waals surface area contributed by atoms with Crippen LogP contribution < -0.4 is 14.8 Å². The lowest BCUT2D eigenvalue weighted by Gasteiger charge is -2.42. The van der Waals surface area contributed by atoms with E-state index in [4.69, 9.17) is 14.5 Å². The zero-order valence-electron chi connectivity index (χ0n) is 18.8. The smallest absolute Gasteiger partial charge is 0.318 e. The van der Waals surface area contributed by atoms with E-state index < -0.39 is 0 Å². The van der Waals surface area contributed by atoms with Crippen molar-refractivity contribution in [3.05, 3.63) is 48.0 Å². The molecule has 1 atom stereocenters. The summed E-state index contributed by atoms with van der Waals surface area (Å²) in [6.07, 6.45) is 0. The van der Waals surface area contributed by atoms with Gasteiger partial charge in [-0.25, -0.2) is 9.79 Å². The van der Waals surface area contributed by atoms with Gasteiger partial charge >= 0.3 is 6.03 Å². The molecule has 1 unspecified atom stereocenters. The van der Waals surface area contributed by atoms with Crippen LogP contribution in [0.2, 0.25) is 0 Å². The number of amides is 2. The molecule has 4 rings (SSSR count). The highest BCUT2D eigenvalue weighted by Gasteiger charge is 2.32. The summed E-state index contributed by atoms with van der Waals surface area (Å²) in [5.74, 6) is 3.01. The van der Waals surface area contributed by atoms with Crippen molar-refractivity contribution in [1.29, 1.82) is 0 Å². The lowest BCUT2D eigenvalue weighted by molar-refractivity contribution is 0.129. The quantitative estimate of drug-likeness (QED) is 0.740. The van der Waals surface area contributed by atoms with E-state index in [-0.39, 0.29) is 17.6 Å². The number of ether oxygens (including phenoxy) is 2. The van der Waals surface area contributed by atoms with E-state index >= 15 is 0 Å². The number of nitrogens with zero attached hydrogens (tertiary/aromatic N) is 3. The molecule has 0 radical (unpaired) electrons. The summed E-state index contributed by atoms with van der Waals surface area (Å²) < 4.78 is 11.6. The molecule has 2 amide bonds. The van der Waals surface area contributed by atoms with Crippen LogP contribution in [0.4, 0.5) is 10.5 Å². The average Bonchev–Trinajstić information content (AvgIpc) is 2.88. The first kappa shape index (κ1) is 21.0. The molecular formula is C24H30N4O3. The van der Waals surface area contributed by atoms with Crippen LogP contribution in [0.5, 0.6) is 17.2 Å². The minimum absolute atomic E-state index is 0.0266. The number of para-hydroxylation sites is 2. The van der Waals surface area contributed by atoms with Crippen molar-refractivity contribution in [2.45, 2.75) is 39.3 Å². The standard InChI is InChI=1S/C24H30N4O3/c1-16-15-27(12-13-28(16)23(29)26-24(2,3)4)22-18-11-10-17(30-5)14-21(18)31-20-9-7-6-8-19(20)25-22/h6-11,14,16H,12-13,15H2,1-5H3,(H,26,29). The van der Waals surface area contributed by atoms with Gasteiger partial charge in [0.25, 0.3) is 0 Å². The molecule has 0 spiro atoms. The first-order valence-electron chi connectivity index (χ1n) is 10.6. The molecule has 7 heteroatoms. The Kier molecular flexibility index (Phi) is 5.52. The van der Waals surface area contributed by atoms with Gasteiger partial charge in [-0.05, 0) is 52.0 Å². The molecular weight excluding hydrogens is 392 g/mol. The monoisotopic (exact) mass is 422 g/mol. The van der Waals surface area contributed by atoms with Crippen LogP contribution >= 0.6 is 0 Å². The number of rotatable bonds is 1. The Labute approximate surface area is 183 Å². The molecule has 0 bridgehead atoms. The number of carbonyl (C=O) groups is 1. The lowest BCUT2D eigenvalue weighted by atomic mass is 10.1. The third-order valence-corrected chi connectivity index (χ3v) is 5.41. The Balaban J connectivity index is 1.65. The highest BCUT2D eigenvalue weighted by atomic mass is 16.5. The predicted octanol–water partition coefficient (Wildman–Crippen LogP) is 4.39. The normalized spacial score (nSPS) is 18.2. The fraction of sp³-hybridized carbons (Fsp3) is 0.417. The second-order valence-electron chi connectivity index (χ2n) is 9.04. The van der Waals surface area contributed by atoms with Crippen LogP contribution in [0, 0.1) is 0 Å². The van der Waals surface area contributed by atoms with Gasteiger partial charge in [0.1, 0.15) is 23.0 Å². The molecule has 164 valence electrons. The zero-order chi connectivity index (χ0) is 22.2. The van der Waals surface area contributed by atoms with Crippen LogP contribution in [0.1, 0.15) is 33.3 Å². The summed E-state index contributed by atoms with van der Waals surface area (Å²) in [6, 6.07) is 13.6. The van der Waals surface area contributed by atoms with Crippen LogP contribution in [0.15, 0.2) is 47.5 Å². The van der Waals surface area contributed by atoms with Gasteiger partial charge in [-0.1, -0.05) is 12.1 Å². The summed E-state index contributed by atoms with van der Waals surface area (Å²) in [7, 11) is 1.64. The van der Waals surface area contributed by atoms with Gasteiger partial charge in [-0.2, -0.15) is 0 Å². The predicted molar refractivity (Wildman–Crippen MR) is 122 cm³/mol. The van der Waals surface area contributed by atoms with Gasteiger partial charge < -0.3 is 24.6 Å². The third kappa shape index (κ3) is 4.45. The molecule has 0 aliphatic carbocycles. The molecule has 2 aromatic carbocycles. The molecule has 0 saturated carbocycles. The van der Waals surface area contributed by atoms with E-state index in [0.717, 1.165) is 22.8 Å². The van der Waals surface area contributed by atoms with E-state index in [0.29, 0.717) is 31.1 Å². The molecule has 2 heterocycles. The van der Waals surface area contributed by atoms with Gasteiger partial charge in [0.05, 0.1) is 12.7 Å². The van der Waals surface area contributed by atoms with Gasteiger partial charge in [-0.3, -0.25) is 0 Å². The summed E-state index contributed by atoms with van der Waals surface area (Å²) in [5.41, 5.74) is 1.43. The number of benzene rings is 2. The lowest BCUT2D eigenvalue weighted by Crippen LogP contribution is -2.59. The van der Waals surface area contributed by atoms with Gasteiger partial charge in [0, 0.05) is 37.3 Å². The number of urea groups is 1. The van der Waals surface area contributed by atoms with Gasteiger partial charge in [-0.15, -0.1) is 0 Å². The van der Waals surface area contributed by atoms with Crippen LogP contribution in [0.25, 0.3) is 0 Å². The Bertz CT molecular complexity index is 1010. The minimum atomic E-state index is -0.266. The van der Waals surface area contributed by atoms with Crippen molar-refractivity contribution in [3.8, 4) is 17.2 Å². The van der Waals surface area contributed by atoms with E-state index in [1.54, 1.807) is 7.11 Å². The third-order valence-electron chi connectivity index (χ3n) is 5.41. The Morgan fingerprint density at radius 2 is 1.94 bits per heavy atom. The molecule has 31 heavy (non-hydrogen) atoms. The molecule has 0 aromatic heterocycles. The number of piperazine rings is 1. The summed E-state index contributed by atoms with van der Waals surface area (Å²) >= 11 is 0. The molecule has 2 aromatic rings. The highest BCUT2D eigenvalue weighted by Crippen LogP contribution is 2.39. The van der Waals surface area contributed by atoms with Gasteiger partial charge in [0.2, 0.25) is 0 Å². The van der Waals surface area contributed by atoms with Crippen molar-refractivity contribution in [2.75, 3.05) is 26.7 Å². The number of carbonyl (C=O) groups excluding carboxylic acids is 1. The van der Waals surface area contributed by atoms with E-state index in [2.05, 4.69) is 17.1 Å². The molecule has 2 aliphatic rings. The molecule has 1 saturated heterocycles. The molecule has 7 nitrogen and oxygen atoms in total. The van der Waals surface area contributed by atoms with Crippen LogP contribution in [0.3, 0.4) is 0 Å². The maximum atomic E-state index is 12.7. The van der Waals surface area contributed by atoms with E-state index in [1.165, 1.54) is 0 Å². The maximum absolute atomic E-state index is 12.7. The van der Waals surface area contributed by atoms with Crippen molar-refractivity contribution in [2.24, 2.45) is 4.99 Å². The molecule has 1 N–H and O–H groups in total. The fourth-order valence-corrected chi connectivity index (χ4v) is 3.91. The fourth-order valence-electron chi connectivity index (χ4n) is 3.91. The second-order valence-corrected chi connectivity index (χ2v) is 9.04. The topological polar surface area (TPSA) is 66.4 Å². The van der Waals surface area contributed by atoms with Crippen molar-refractivity contribution < 1.29 is 14.3 Å². The average molecular weight is 423 g/mol. The largest absolute Gasteiger partial charge is 0.497 e. The van der Waals surface area contributed by atoms with Crippen molar-refractivity contribution in [3.63, 3.8) is 0 Å². The zero-order valence-corrected chi connectivity index (χ0v) is 18.8. The number of nitrogens with one attached hydrogen (secondary N) is 1. The van der Waals surface area contributed by atoms with Crippen molar-refractivity contribution >= 4 is 17.6 Å². The van der Waals surface area contributed by atoms with Crippen LogP contribution in [-0.4, -0.2) is 60.0 Å². The number of aliphatic imine (C=N–C) groups is 1. The van der Waals surface area contributed by atoms with Crippen molar-refractivity contribution in [1.82, 2.24) is 15.1 Å². The number of fused-ring (bicyclic) bond motifs is 2. The van der Waals surface area contributed by atoms with Crippen LogP contribution in [-0.2, 0) is 0 Å². The SMILES string of the molecule is COc1ccc2c(c1)Oc1ccccc1N=C2N1CCN(C(=O)NC(C)(C)C)C(C)C1. The number of amidine groups is 1. The molecule has 1 fully saturated rings. The number of hydrogen-bond acceptors (Lipinski definition) is 5. The first-order valence-corrected chi connectivity index (χ1v) is 10.6. The van der Waals surface area contributed by atoms with E-state index in [1.807, 2.05) is 68.1 Å². The van der Waals surface area contributed by atoms with E-state index in [9.17, 15) is 4.79 Å². The Morgan fingerprint density at radius 1 is 1.16 bits per heavy atom. The number of hydrogen-bond donors (Lipinski definition) is 1. The highest BCUT2D eigenvalue weighted by molar-refractivity contribution is 6.04. The first-order chi connectivity index (χ1) is 14.7. The molecule has 2 aliphatic heterocycles. The minimum Gasteiger partial charge on any atom is -0.497 e. The summed E-state index contributed by atoms with van der Waals surface area (Å²) in [4.78, 5) is 21.8. The maximum Gasteiger partial charge on any atom is 0.318 e. The van der Waals surface area contributed by atoms with Gasteiger partial charge in [0.15, 0.2) is 5.75 Å². The Morgan fingerprint density at radius 3 is 2.65 bits per heavy atom. The summed E-state index contributed by atoms with van der Waals surface area (Å²) in [5, 5.41) is 3.07. The second kappa shape index (κ2) is 8.13. The summed E-state index contributed by atoms with van der Waals surface area (Å²) in [6.45, 7) is 10.1.